The molecule has 9 heteroatoms. The van der Waals surface area contributed by atoms with Gasteiger partial charge in [0, 0.05) is 56.1 Å². The number of nitriles is 1. The quantitative estimate of drug-likeness (QED) is 0.440. The summed E-state index contributed by atoms with van der Waals surface area (Å²) in [6.45, 7) is 10.8. The Bertz CT molecular complexity index is 1400. The number of amides is 1. The lowest BCUT2D eigenvalue weighted by Gasteiger charge is -2.43. The van der Waals surface area contributed by atoms with Crippen LogP contribution in [0.4, 0.5) is 16.3 Å². The lowest BCUT2D eigenvalue weighted by atomic mass is 9.89. The number of hydrogen-bond acceptors (Lipinski definition) is 8. The van der Waals surface area contributed by atoms with E-state index < -0.39 is 5.60 Å². The van der Waals surface area contributed by atoms with Gasteiger partial charge in [0.1, 0.15) is 18.0 Å². The molecule has 2 saturated heterocycles. The van der Waals surface area contributed by atoms with E-state index in [9.17, 15) is 10.1 Å². The topological polar surface area (TPSA) is 85.2 Å². The molecule has 2 fully saturated rings. The summed E-state index contributed by atoms with van der Waals surface area (Å²) in [5.41, 5.74) is 6.34. The van der Waals surface area contributed by atoms with E-state index in [0.717, 1.165) is 44.7 Å². The Morgan fingerprint density at radius 1 is 1.00 bits per heavy atom. The Balaban J connectivity index is 1.29. The van der Waals surface area contributed by atoms with Crippen molar-refractivity contribution in [3.05, 3.63) is 46.5 Å². The molecule has 0 radical (unpaired) electrons. The number of benzene rings is 1. The minimum atomic E-state index is -0.588. The number of aryl methyl sites for hydroxylation is 1. The second-order valence-corrected chi connectivity index (χ2v) is 13.9. The van der Waals surface area contributed by atoms with Gasteiger partial charge < -0.3 is 29.1 Å². The van der Waals surface area contributed by atoms with E-state index in [0.29, 0.717) is 38.2 Å². The lowest BCUT2D eigenvalue weighted by molar-refractivity contribution is 0.0144. The predicted molar refractivity (Wildman–Crippen MR) is 172 cm³/mol. The number of carbonyl (C=O) groups is 1. The Morgan fingerprint density at radius 2 is 1.84 bits per heavy atom. The van der Waals surface area contributed by atoms with Crippen LogP contribution in [0.15, 0.2) is 24.3 Å². The molecule has 3 aliphatic heterocycles. The third-order valence-corrected chi connectivity index (χ3v) is 9.71. The van der Waals surface area contributed by atoms with Crippen LogP contribution in [-0.4, -0.2) is 84.9 Å². The van der Waals surface area contributed by atoms with Crippen molar-refractivity contribution in [3.8, 4) is 11.9 Å². The van der Waals surface area contributed by atoms with E-state index in [1.54, 1.807) is 4.90 Å². The van der Waals surface area contributed by atoms with Gasteiger partial charge in [-0.25, -0.2) is 4.79 Å². The number of pyridine rings is 1. The minimum absolute atomic E-state index is 0.245. The van der Waals surface area contributed by atoms with Crippen LogP contribution >= 0.6 is 0 Å². The van der Waals surface area contributed by atoms with Gasteiger partial charge in [0.05, 0.1) is 18.5 Å². The largest absolute Gasteiger partial charge is 0.476 e. The van der Waals surface area contributed by atoms with Gasteiger partial charge >= 0.3 is 6.09 Å². The Morgan fingerprint density at radius 3 is 2.61 bits per heavy atom. The molecule has 0 spiro atoms. The van der Waals surface area contributed by atoms with E-state index >= 15 is 0 Å². The number of ether oxygens (including phenoxy) is 2. The van der Waals surface area contributed by atoms with Gasteiger partial charge in [-0.15, -0.1) is 0 Å². The number of likely N-dealkylation sites (N-methyl/N-ethyl adjacent to an activating group) is 1. The molecule has 236 valence electrons. The summed E-state index contributed by atoms with van der Waals surface area (Å²) in [6.07, 6.45) is 7.99. The van der Waals surface area contributed by atoms with E-state index in [4.69, 9.17) is 14.5 Å². The molecule has 0 unspecified atom stereocenters. The number of anilines is 2. The van der Waals surface area contributed by atoms with Gasteiger partial charge in [-0.1, -0.05) is 12.1 Å². The third-order valence-electron chi connectivity index (χ3n) is 9.71. The summed E-state index contributed by atoms with van der Waals surface area (Å²) in [6, 6.07) is 11.4. The molecular weight excluding hydrogens is 552 g/mol. The molecule has 2 aromatic rings. The molecule has 0 bridgehead atoms. The average molecular weight is 601 g/mol. The van der Waals surface area contributed by atoms with Crippen LogP contribution in [0.1, 0.15) is 75.1 Å². The maximum atomic E-state index is 13.1. The summed E-state index contributed by atoms with van der Waals surface area (Å²) in [4.78, 5) is 27.1. The normalized spacial score (nSPS) is 22.3. The first-order chi connectivity index (χ1) is 21.2. The van der Waals surface area contributed by atoms with Gasteiger partial charge in [0.25, 0.3) is 0 Å². The SMILES string of the molecule is CN1CCC[C@H]1COc1cc2c(c(N3CCN(C(=O)OC(C)(C)C)[C@@H](CC#N)C3)n1)CCN(c1cccc3c1CCCC3)C2. The first-order valence-electron chi connectivity index (χ1n) is 16.5. The highest BCUT2D eigenvalue weighted by molar-refractivity contribution is 5.69. The van der Waals surface area contributed by atoms with Crippen molar-refractivity contribution in [1.29, 1.82) is 5.26 Å². The molecule has 4 heterocycles. The zero-order valence-electron chi connectivity index (χ0n) is 27.0. The summed E-state index contributed by atoms with van der Waals surface area (Å²) in [5.74, 6) is 1.61. The van der Waals surface area contributed by atoms with Crippen molar-refractivity contribution >= 4 is 17.6 Å². The highest BCUT2D eigenvalue weighted by Gasteiger charge is 2.36. The molecule has 9 nitrogen and oxygen atoms in total. The first kappa shape index (κ1) is 30.5. The van der Waals surface area contributed by atoms with Crippen molar-refractivity contribution < 1.29 is 14.3 Å². The first-order valence-corrected chi connectivity index (χ1v) is 16.5. The van der Waals surface area contributed by atoms with Crippen LogP contribution in [0.5, 0.6) is 5.88 Å². The van der Waals surface area contributed by atoms with Gasteiger partial charge in [-0.05, 0) is 102 Å². The van der Waals surface area contributed by atoms with Crippen molar-refractivity contribution in [2.24, 2.45) is 0 Å². The van der Waals surface area contributed by atoms with Crippen molar-refractivity contribution in [2.75, 3.05) is 56.2 Å². The van der Waals surface area contributed by atoms with Crippen LogP contribution in [-0.2, 0) is 30.5 Å². The summed E-state index contributed by atoms with van der Waals surface area (Å²) in [7, 11) is 2.17. The van der Waals surface area contributed by atoms with Gasteiger partial charge in [0.2, 0.25) is 5.88 Å². The molecule has 6 rings (SSSR count). The van der Waals surface area contributed by atoms with Crippen LogP contribution in [0.2, 0.25) is 0 Å². The zero-order valence-corrected chi connectivity index (χ0v) is 27.0. The zero-order chi connectivity index (χ0) is 30.8. The molecule has 0 N–H and O–H groups in total. The summed E-state index contributed by atoms with van der Waals surface area (Å²) in [5, 5.41) is 9.67. The summed E-state index contributed by atoms with van der Waals surface area (Å²) >= 11 is 0. The van der Waals surface area contributed by atoms with Crippen LogP contribution in [0, 0.1) is 11.3 Å². The molecule has 1 aromatic carbocycles. The van der Waals surface area contributed by atoms with Crippen molar-refractivity contribution in [1.82, 2.24) is 14.8 Å². The Labute approximate surface area is 262 Å². The van der Waals surface area contributed by atoms with E-state index in [-0.39, 0.29) is 18.6 Å². The second kappa shape index (κ2) is 12.8. The number of fused-ring (bicyclic) bond motifs is 2. The predicted octanol–water partition coefficient (Wildman–Crippen LogP) is 5.34. The number of aromatic nitrogens is 1. The fraction of sp³-hybridized carbons (Fsp3) is 0.629. The molecule has 4 aliphatic rings. The number of rotatable bonds is 6. The highest BCUT2D eigenvalue weighted by atomic mass is 16.6. The van der Waals surface area contributed by atoms with E-state index in [2.05, 4.69) is 52.1 Å². The second-order valence-electron chi connectivity index (χ2n) is 13.9. The number of likely N-dealkylation sites (tertiary alicyclic amines) is 1. The molecule has 2 atom stereocenters. The highest BCUT2D eigenvalue weighted by Crippen LogP contribution is 2.37. The average Bonchev–Trinajstić information content (AvgIpc) is 3.42. The van der Waals surface area contributed by atoms with Gasteiger partial charge in [-0.2, -0.15) is 10.2 Å². The number of piperazine rings is 1. The molecular formula is C35H48N6O3. The number of hydrogen-bond donors (Lipinski definition) is 0. The number of carbonyl (C=O) groups excluding carboxylic acids is 1. The monoisotopic (exact) mass is 600 g/mol. The van der Waals surface area contributed by atoms with E-state index in [1.165, 1.54) is 53.6 Å². The van der Waals surface area contributed by atoms with Gasteiger partial charge in [0.15, 0.2) is 0 Å². The van der Waals surface area contributed by atoms with Crippen molar-refractivity contribution in [3.63, 3.8) is 0 Å². The Kier molecular flexibility index (Phi) is 8.91. The molecule has 1 aromatic heterocycles. The Hall–Kier alpha value is -3.51. The molecule has 0 saturated carbocycles. The smallest absolute Gasteiger partial charge is 0.410 e. The fourth-order valence-corrected chi connectivity index (χ4v) is 7.39. The minimum Gasteiger partial charge on any atom is -0.476 e. The van der Waals surface area contributed by atoms with Crippen LogP contribution in [0.25, 0.3) is 0 Å². The maximum absolute atomic E-state index is 13.1. The van der Waals surface area contributed by atoms with E-state index in [1.807, 2.05) is 20.8 Å². The molecule has 1 amide bonds. The van der Waals surface area contributed by atoms with Crippen molar-refractivity contribution in [2.45, 2.75) is 96.4 Å². The number of nitrogens with zero attached hydrogens (tertiary/aromatic N) is 6. The lowest BCUT2D eigenvalue weighted by Crippen LogP contribution is -2.56. The molecule has 1 aliphatic carbocycles. The third kappa shape index (κ3) is 6.61. The fourth-order valence-electron chi connectivity index (χ4n) is 7.39. The standard InChI is InChI=1S/C35H48N6O3/c1-35(2,3)44-34(42)41-20-19-40(23-27(41)14-16-36)33-30-15-18-39(31-13-7-10-25-9-5-6-12-29(25)31)22-26(30)21-32(37-33)43-24-28-11-8-17-38(28)4/h7,10,13,21,27-28H,5-6,8-9,11-12,14-15,17-20,22-24H2,1-4H3/t27-,28-/m0/s1. The molecule has 44 heavy (non-hydrogen) atoms. The van der Waals surface area contributed by atoms with Crippen LogP contribution < -0.4 is 14.5 Å². The van der Waals surface area contributed by atoms with Crippen LogP contribution in [0.3, 0.4) is 0 Å². The maximum Gasteiger partial charge on any atom is 0.410 e. The van der Waals surface area contributed by atoms with Gasteiger partial charge in [-0.3, -0.25) is 0 Å². The summed E-state index contributed by atoms with van der Waals surface area (Å²) < 4.78 is 12.1.